The molecule has 1 saturated heterocycles. The second kappa shape index (κ2) is 5.94. The van der Waals surface area contributed by atoms with E-state index in [1.807, 2.05) is 16.7 Å². The zero-order valence-electron chi connectivity index (χ0n) is 8.11. The molecule has 1 heterocycles. The van der Waals surface area contributed by atoms with Crippen LogP contribution in [0.2, 0.25) is 0 Å². The summed E-state index contributed by atoms with van der Waals surface area (Å²) in [7, 11) is 0. The number of rotatable bonds is 4. The van der Waals surface area contributed by atoms with Gasteiger partial charge in [0.1, 0.15) is 0 Å². The van der Waals surface area contributed by atoms with Gasteiger partial charge < -0.3 is 5.11 Å². The molecule has 1 N–H and O–H groups in total. The second-order valence-electron chi connectivity index (χ2n) is 3.35. The molecule has 78 valence electrons. The average Bonchev–Trinajstić information content (AvgIpc) is 2.18. The van der Waals surface area contributed by atoms with Gasteiger partial charge in [0.25, 0.3) is 0 Å². The van der Waals surface area contributed by atoms with Crippen LogP contribution in [-0.2, 0) is 4.79 Å². The summed E-state index contributed by atoms with van der Waals surface area (Å²) in [6.45, 7) is 0.515. The fourth-order valence-electron chi connectivity index (χ4n) is 1.66. The molecule has 0 aliphatic carbocycles. The molecule has 0 spiro atoms. The van der Waals surface area contributed by atoms with Crippen molar-refractivity contribution in [2.24, 2.45) is 0 Å². The molecule has 0 atom stereocenters. The van der Waals surface area contributed by atoms with Crippen LogP contribution in [0.25, 0.3) is 0 Å². The van der Waals surface area contributed by atoms with Crippen LogP contribution >= 0.6 is 11.8 Å². The Balaban J connectivity index is 2.47. The van der Waals surface area contributed by atoms with Gasteiger partial charge in [-0.05, 0) is 24.3 Å². The van der Waals surface area contributed by atoms with E-state index in [2.05, 4.69) is 5.92 Å². The van der Waals surface area contributed by atoms with E-state index in [4.69, 9.17) is 11.5 Å². The number of terminal acetylenes is 1. The molecular weight excluding hydrogens is 198 g/mol. The third-order valence-corrected chi connectivity index (χ3v) is 3.39. The SMILES string of the molecule is C#CCN(CC(=O)O)C1CCSCC1. The lowest BCUT2D eigenvalue weighted by Crippen LogP contribution is -2.41. The highest BCUT2D eigenvalue weighted by Gasteiger charge is 2.22. The maximum atomic E-state index is 10.6. The minimum Gasteiger partial charge on any atom is -0.480 e. The molecule has 1 aliphatic rings. The van der Waals surface area contributed by atoms with E-state index in [1.54, 1.807) is 0 Å². The van der Waals surface area contributed by atoms with Crippen molar-refractivity contribution < 1.29 is 9.90 Å². The number of hydrogen-bond acceptors (Lipinski definition) is 3. The molecule has 0 radical (unpaired) electrons. The van der Waals surface area contributed by atoms with E-state index in [9.17, 15) is 4.79 Å². The lowest BCUT2D eigenvalue weighted by Gasteiger charge is -2.31. The predicted octanol–water partition coefficient (Wildman–Crippen LogP) is 0.902. The van der Waals surface area contributed by atoms with Gasteiger partial charge in [0.15, 0.2) is 0 Å². The first-order valence-electron chi connectivity index (χ1n) is 4.71. The lowest BCUT2D eigenvalue weighted by molar-refractivity contribution is -0.138. The zero-order chi connectivity index (χ0) is 10.4. The Labute approximate surface area is 88.9 Å². The fraction of sp³-hybridized carbons (Fsp3) is 0.700. The summed E-state index contributed by atoms with van der Waals surface area (Å²) in [5.74, 6) is 3.97. The van der Waals surface area contributed by atoms with Crippen molar-refractivity contribution >= 4 is 17.7 Å². The largest absolute Gasteiger partial charge is 0.480 e. The van der Waals surface area contributed by atoms with Gasteiger partial charge in [-0.3, -0.25) is 9.69 Å². The Morgan fingerprint density at radius 2 is 2.21 bits per heavy atom. The topological polar surface area (TPSA) is 40.5 Å². The van der Waals surface area contributed by atoms with Crippen LogP contribution in [0, 0.1) is 12.3 Å². The molecule has 1 aliphatic heterocycles. The van der Waals surface area contributed by atoms with Gasteiger partial charge in [0.05, 0.1) is 13.1 Å². The molecule has 0 aromatic rings. The van der Waals surface area contributed by atoms with E-state index in [0.29, 0.717) is 12.6 Å². The van der Waals surface area contributed by atoms with Crippen LogP contribution in [-0.4, -0.2) is 46.6 Å². The Hall–Kier alpha value is -0.660. The number of aliphatic carboxylic acids is 1. The van der Waals surface area contributed by atoms with Crippen molar-refractivity contribution in [3.8, 4) is 12.3 Å². The summed E-state index contributed by atoms with van der Waals surface area (Å²) >= 11 is 1.93. The molecule has 0 aromatic heterocycles. The highest BCUT2D eigenvalue weighted by Crippen LogP contribution is 2.21. The molecule has 1 rings (SSSR count). The molecule has 0 amide bonds. The number of carbonyl (C=O) groups is 1. The number of thioether (sulfide) groups is 1. The highest BCUT2D eigenvalue weighted by atomic mass is 32.2. The van der Waals surface area contributed by atoms with Gasteiger partial charge in [0.2, 0.25) is 0 Å². The Bertz CT molecular complexity index is 231. The van der Waals surface area contributed by atoms with Gasteiger partial charge in [-0.2, -0.15) is 11.8 Å². The van der Waals surface area contributed by atoms with Crippen LogP contribution in [0.4, 0.5) is 0 Å². The van der Waals surface area contributed by atoms with Crippen LogP contribution in [0.3, 0.4) is 0 Å². The molecule has 0 saturated carbocycles. The lowest BCUT2D eigenvalue weighted by atomic mass is 10.1. The van der Waals surface area contributed by atoms with E-state index in [-0.39, 0.29) is 6.54 Å². The number of carboxylic acid groups (broad SMARTS) is 1. The summed E-state index contributed by atoms with van der Waals surface area (Å²) in [5, 5.41) is 8.73. The number of nitrogens with zero attached hydrogens (tertiary/aromatic N) is 1. The maximum Gasteiger partial charge on any atom is 0.317 e. The van der Waals surface area contributed by atoms with Gasteiger partial charge in [0, 0.05) is 6.04 Å². The first-order chi connectivity index (χ1) is 6.74. The van der Waals surface area contributed by atoms with Gasteiger partial charge in [-0.25, -0.2) is 0 Å². The maximum absolute atomic E-state index is 10.6. The molecule has 3 nitrogen and oxygen atoms in total. The van der Waals surface area contributed by atoms with E-state index in [1.165, 1.54) is 0 Å². The Kier molecular flexibility index (Phi) is 4.85. The molecule has 0 unspecified atom stereocenters. The second-order valence-corrected chi connectivity index (χ2v) is 4.57. The van der Waals surface area contributed by atoms with Crippen molar-refractivity contribution in [2.75, 3.05) is 24.6 Å². The van der Waals surface area contributed by atoms with Crippen LogP contribution in [0.5, 0.6) is 0 Å². The summed E-state index contributed by atoms with van der Waals surface area (Å²) in [4.78, 5) is 12.5. The van der Waals surface area contributed by atoms with Gasteiger partial charge in [-0.15, -0.1) is 6.42 Å². The number of carboxylic acids is 1. The quantitative estimate of drug-likeness (QED) is 0.704. The average molecular weight is 213 g/mol. The molecule has 1 fully saturated rings. The molecular formula is C10H15NO2S. The summed E-state index contributed by atoms with van der Waals surface area (Å²) < 4.78 is 0. The van der Waals surface area contributed by atoms with E-state index < -0.39 is 5.97 Å². The van der Waals surface area contributed by atoms with Gasteiger partial charge >= 0.3 is 5.97 Å². The van der Waals surface area contributed by atoms with E-state index >= 15 is 0 Å². The van der Waals surface area contributed by atoms with Gasteiger partial charge in [-0.1, -0.05) is 5.92 Å². The van der Waals surface area contributed by atoms with Crippen molar-refractivity contribution in [1.82, 2.24) is 4.90 Å². The first-order valence-corrected chi connectivity index (χ1v) is 5.86. The van der Waals surface area contributed by atoms with Crippen molar-refractivity contribution in [3.05, 3.63) is 0 Å². The Morgan fingerprint density at radius 1 is 1.57 bits per heavy atom. The third kappa shape index (κ3) is 3.60. The summed E-state index contributed by atoms with van der Waals surface area (Å²) in [6, 6.07) is 0.364. The van der Waals surface area contributed by atoms with Crippen LogP contribution in [0.1, 0.15) is 12.8 Å². The van der Waals surface area contributed by atoms with Crippen molar-refractivity contribution in [3.63, 3.8) is 0 Å². The molecule has 0 aromatic carbocycles. The summed E-state index contributed by atoms with van der Waals surface area (Å²) in [6.07, 6.45) is 7.33. The Morgan fingerprint density at radius 3 is 2.71 bits per heavy atom. The number of hydrogen-bond donors (Lipinski definition) is 1. The van der Waals surface area contributed by atoms with Crippen molar-refractivity contribution in [1.29, 1.82) is 0 Å². The zero-order valence-corrected chi connectivity index (χ0v) is 8.92. The molecule has 0 bridgehead atoms. The normalized spacial score (nSPS) is 18.0. The van der Waals surface area contributed by atoms with Crippen molar-refractivity contribution in [2.45, 2.75) is 18.9 Å². The monoisotopic (exact) mass is 213 g/mol. The fourth-order valence-corrected chi connectivity index (χ4v) is 2.74. The molecule has 4 heteroatoms. The molecule has 14 heavy (non-hydrogen) atoms. The van der Waals surface area contributed by atoms with Crippen LogP contribution < -0.4 is 0 Å². The van der Waals surface area contributed by atoms with Crippen LogP contribution in [0.15, 0.2) is 0 Å². The minimum atomic E-state index is -0.793. The third-order valence-electron chi connectivity index (χ3n) is 2.34. The predicted molar refractivity (Wildman–Crippen MR) is 58.4 cm³/mol. The standard InChI is InChI=1S/C10H15NO2S/c1-2-5-11(8-10(12)13)9-3-6-14-7-4-9/h1,9H,3-8H2,(H,12,13). The first kappa shape index (κ1) is 11.4. The highest BCUT2D eigenvalue weighted by molar-refractivity contribution is 7.99. The summed E-state index contributed by atoms with van der Waals surface area (Å²) in [5.41, 5.74) is 0. The smallest absolute Gasteiger partial charge is 0.317 e. The van der Waals surface area contributed by atoms with E-state index in [0.717, 1.165) is 24.3 Å². The minimum absolute atomic E-state index is 0.0690.